The number of carbonyl (C=O) groups excluding carboxylic acids is 1. The summed E-state index contributed by atoms with van der Waals surface area (Å²) in [5.74, 6) is 0.563. The van der Waals surface area contributed by atoms with Crippen LogP contribution in [0.5, 0.6) is 0 Å². The van der Waals surface area contributed by atoms with Gasteiger partial charge in [-0.2, -0.15) is 0 Å². The normalized spacial score (nSPS) is 12.6. The highest BCUT2D eigenvalue weighted by molar-refractivity contribution is 5.77. The molecule has 82 valence electrons. The first-order valence-electron chi connectivity index (χ1n) is 5.14. The number of hydroxylamine groups is 1. The van der Waals surface area contributed by atoms with Gasteiger partial charge in [0.1, 0.15) is 0 Å². The van der Waals surface area contributed by atoms with E-state index in [0.29, 0.717) is 12.5 Å². The fourth-order valence-corrected chi connectivity index (χ4v) is 1.28. The Morgan fingerprint density at radius 1 is 1.57 bits per heavy atom. The van der Waals surface area contributed by atoms with Gasteiger partial charge < -0.3 is 0 Å². The van der Waals surface area contributed by atoms with Gasteiger partial charge in [0.2, 0.25) is 5.91 Å². The molecule has 1 atom stereocenters. The molecule has 0 radical (unpaired) electrons. The van der Waals surface area contributed by atoms with Crippen molar-refractivity contribution >= 4 is 5.91 Å². The maximum absolute atomic E-state index is 11.5. The second-order valence-electron chi connectivity index (χ2n) is 3.80. The molecular weight excluding hydrogens is 178 g/mol. The van der Waals surface area contributed by atoms with Gasteiger partial charge in [0.25, 0.3) is 0 Å². The number of hydrogen-bond acceptors (Lipinski definition) is 2. The average molecular weight is 199 g/mol. The zero-order valence-corrected chi connectivity index (χ0v) is 9.38. The molecule has 3 nitrogen and oxygen atoms in total. The van der Waals surface area contributed by atoms with Gasteiger partial charge in [-0.1, -0.05) is 26.8 Å². The zero-order valence-electron chi connectivity index (χ0n) is 9.38. The van der Waals surface area contributed by atoms with E-state index in [2.05, 4.69) is 25.9 Å². The van der Waals surface area contributed by atoms with Gasteiger partial charge in [-0.25, -0.2) is 5.48 Å². The first-order valence-corrected chi connectivity index (χ1v) is 5.14. The van der Waals surface area contributed by atoms with E-state index in [1.165, 1.54) is 0 Å². The summed E-state index contributed by atoms with van der Waals surface area (Å²) in [6, 6.07) is 0. The molecule has 1 amide bonds. The van der Waals surface area contributed by atoms with E-state index in [4.69, 9.17) is 4.84 Å². The van der Waals surface area contributed by atoms with Gasteiger partial charge in [0.05, 0.1) is 6.61 Å². The molecule has 0 saturated heterocycles. The number of amides is 1. The summed E-state index contributed by atoms with van der Waals surface area (Å²) >= 11 is 0. The van der Waals surface area contributed by atoms with E-state index in [9.17, 15) is 4.79 Å². The maximum atomic E-state index is 11.5. The summed E-state index contributed by atoms with van der Waals surface area (Å²) in [6.45, 7) is 10.1. The summed E-state index contributed by atoms with van der Waals surface area (Å²) in [5.41, 5.74) is 2.43. The Balaban J connectivity index is 3.85. The van der Waals surface area contributed by atoms with Crippen molar-refractivity contribution in [3.8, 4) is 0 Å². The first kappa shape index (κ1) is 13.2. The highest BCUT2D eigenvalue weighted by Crippen LogP contribution is 2.14. The van der Waals surface area contributed by atoms with Gasteiger partial charge in [0, 0.05) is 5.92 Å². The number of carbonyl (C=O) groups is 1. The minimum atomic E-state index is -0.0250. The van der Waals surface area contributed by atoms with Crippen LogP contribution in [0.25, 0.3) is 0 Å². The fraction of sp³-hybridized carbons (Fsp3) is 0.727. The van der Waals surface area contributed by atoms with Crippen LogP contribution in [0.4, 0.5) is 0 Å². The van der Waals surface area contributed by atoms with Crippen LogP contribution >= 0.6 is 0 Å². The number of hydrogen-bond donors (Lipinski definition) is 1. The fourth-order valence-electron chi connectivity index (χ4n) is 1.28. The molecule has 0 aliphatic heterocycles. The minimum Gasteiger partial charge on any atom is -0.273 e. The van der Waals surface area contributed by atoms with E-state index in [1.54, 1.807) is 6.08 Å². The van der Waals surface area contributed by atoms with Crippen LogP contribution in [0.15, 0.2) is 12.7 Å². The van der Waals surface area contributed by atoms with Crippen LogP contribution < -0.4 is 5.48 Å². The lowest BCUT2D eigenvalue weighted by Crippen LogP contribution is -2.31. The zero-order chi connectivity index (χ0) is 11.0. The Labute approximate surface area is 86.5 Å². The molecule has 0 aliphatic rings. The minimum absolute atomic E-state index is 0.0250. The van der Waals surface area contributed by atoms with Crippen molar-refractivity contribution in [2.24, 2.45) is 11.8 Å². The molecule has 3 heteroatoms. The molecule has 0 bridgehead atoms. The van der Waals surface area contributed by atoms with E-state index in [-0.39, 0.29) is 11.8 Å². The lowest BCUT2D eigenvalue weighted by atomic mass is 9.94. The lowest BCUT2D eigenvalue weighted by molar-refractivity contribution is -0.137. The van der Waals surface area contributed by atoms with Crippen LogP contribution in [-0.2, 0) is 9.63 Å². The van der Waals surface area contributed by atoms with Gasteiger partial charge in [-0.05, 0) is 18.8 Å². The van der Waals surface area contributed by atoms with Crippen molar-refractivity contribution in [1.82, 2.24) is 5.48 Å². The molecule has 0 aromatic rings. The van der Waals surface area contributed by atoms with Gasteiger partial charge in [0.15, 0.2) is 0 Å². The Bertz CT molecular complexity index is 178. The van der Waals surface area contributed by atoms with Crippen molar-refractivity contribution < 1.29 is 9.63 Å². The highest BCUT2D eigenvalue weighted by atomic mass is 16.6. The van der Waals surface area contributed by atoms with Crippen LogP contribution in [0.1, 0.15) is 33.6 Å². The summed E-state index contributed by atoms with van der Waals surface area (Å²) < 4.78 is 0. The molecule has 0 aromatic carbocycles. The Morgan fingerprint density at radius 3 is 2.64 bits per heavy atom. The van der Waals surface area contributed by atoms with Crippen molar-refractivity contribution in [3.05, 3.63) is 12.7 Å². The molecule has 1 N–H and O–H groups in total. The molecule has 0 aromatic heterocycles. The van der Waals surface area contributed by atoms with Crippen LogP contribution in [0.3, 0.4) is 0 Å². The molecule has 1 unspecified atom stereocenters. The summed E-state index contributed by atoms with van der Waals surface area (Å²) in [6.07, 6.45) is 3.35. The summed E-state index contributed by atoms with van der Waals surface area (Å²) in [7, 11) is 0. The first-order chi connectivity index (χ1) is 6.61. The molecular formula is C11H21NO2. The molecule has 0 saturated carbocycles. The molecule has 14 heavy (non-hydrogen) atoms. The molecule has 0 spiro atoms. The largest absolute Gasteiger partial charge is 0.273 e. The molecule has 0 aliphatic carbocycles. The SMILES string of the molecule is C=CCONC(=O)C(CC)CC(C)C. The van der Waals surface area contributed by atoms with Crippen LogP contribution in [0, 0.1) is 11.8 Å². The standard InChI is InChI=1S/C11H21NO2/c1-5-7-14-12-11(13)10(6-2)8-9(3)4/h5,9-10H,1,6-8H2,2-4H3,(H,12,13). The Morgan fingerprint density at radius 2 is 2.21 bits per heavy atom. The topological polar surface area (TPSA) is 38.3 Å². The highest BCUT2D eigenvalue weighted by Gasteiger charge is 2.17. The van der Waals surface area contributed by atoms with Gasteiger partial charge >= 0.3 is 0 Å². The van der Waals surface area contributed by atoms with E-state index in [1.807, 2.05) is 6.92 Å². The third-order valence-electron chi connectivity index (χ3n) is 1.99. The van der Waals surface area contributed by atoms with Crippen molar-refractivity contribution in [3.63, 3.8) is 0 Å². The second kappa shape index (κ2) is 7.56. The van der Waals surface area contributed by atoms with Gasteiger partial charge in [-0.15, -0.1) is 6.58 Å². The summed E-state index contributed by atoms with van der Waals surface area (Å²) in [4.78, 5) is 16.4. The average Bonchev–Trinajstić information content (AvgIpc) is 2.14. The van der Waals surface area contributed by atoms with Crippen molar-refractivity contribution in [2.75, 3.05) is 6.61 Å². The van der Waals surface area contributed by atoms with E-state index in [0.717, 1.165) is 12.8 Å². The number of nitrogens with one attached hydrogen (secondary N) is 1. The predicted molar refractivity (Wildman–Crippen MR) is 57.5 cm³/mol. The third kappa shape index (κ3) is 5.75. The van der Waals surface area contributed by atoms with Crippen molar-refractivity contribution in [2.45, 2.75) is 33.6 Å². The monoisotopic (exact) mass is 199 g/mol. The van der Waals surface area contributed by atoms with Crippen LogP contribution in [-0.4, -0.2) is 12.5 Å². The lowest BCUT2D eigenvalue weighted by Gasteiger charge is -2.16. The number of rotatable bonds is 7. The third-order valence-corrected chi connectivity index (χ3v) is 1.99. The quantitative estimate of drug-likeness (QED) is 0.388. The van der Waals surface area contributed by atoms with E-state index < -0.39 is 0 Å². The molecule has 0 fully saturated rings. The van der Waals surface area contributed by atoms with Crippen molar-refractivity contribution in [1.29, 1.82) is 0 Å². The van der Waals surface area contributed by atoms with Crippen LogP contribution in [0.2, 0.25) is 0 Å². The van der Waals surface area contributed by atoms with Gasteiger partial charge in [-0.3, -0.25) is 9.63 Å². The summed E-state index contributed by atoms with van der Waals surface area (Å²) in [5, 5.41) is 0. The molecule has 0 rings (SSSR count). The Kier molecular flexibility index (Phi) is 7.11. The smallest absolute Gasteiger partial charge is 0.246 e. The predicted octanol–water partition coefficient (Wildman–Crippen LogP) is 2.29. The van der Waals surface area contributed by atoms with E-state index >= 15 is 0 Å². The Hall–Kier alpha value is -0.830. The maximum Gasteiger partial charge on any atom is 0.246 e. The molecule has 0 heterocycles. The second-order valence-corrected chi connectivity index (χ2v) is 3.80.